The summed E-state index contributed by atoms with van der Waals surface area (Å²) in [6.07, 6.45) is 1.48. The molecule has 1 amide bonds. The molecule has 2 N–H and O–H groups in total. The Kier molecular flexibility index (Phi) is 3.80. The number of benzene rings is 1. The molecule has 1 aromatic carbocycles. The second-order valence-corrected chi connectivity index (χ2v) is 5.34. The number of anilines is 1. The summed E-state index contributed by atoms with van der Waals surface area (Å²) in [6, 6.07) is 5.37. The van der Waals surface area contributed by atoms with Gasteiger partial charge in [-0.2, -0.15) is 0 Å². The third-order valence-corrected chi connectivity index (χ3v) is 4.04. The molecule has 0 fully saturated rings. The molecular formula is C14H10Cl2FN3O. The number of pyridine rings is 1. The first-order valence-electron chi connectivity index (χ1n) is 6.19. The number of rotatable bonds is 1. The van der Waals surface area contributed by atoms with Crippen LogP contribution in [0.1, 0.15) is 17.3 Å². The fourth-order valence-electron chi connectivity index (χ4n) is 2.29. The van der Waals surface area contributed by atoms with Crippen LogP contribution in [0.4, 0.5) is 10.1 Å². The van der Waals surface area contributed by atoms with Crippen LogP contribution in [0, 0.1) is 5.82 Å². The third kappa shape index (κ3) is 2.60. The maximum atomic E-state index is 14.0. The van der Waals surface area contributed by atoms with Gasteiger partial charge in [0.2, 0.25) is 5.91 Å². The number of halogens is 3. The zero-order chi connectivity index (χ0) is 15.0. The first-order valence-corrected chi connectivity index (χ1v) is 6.95. The summed E-state index contributed by atoms with van der Waals surface area (Å²) in [5.41, 5.74) is 1.17. The summed E-state index contributed by atoms with van der Waals surface area (Å²) in [5.74, 6) is -0.722. The lowest BCUT2D eigenvalue weighted by Crippen LogP contribution is -2.29. The third-order valence-electron chi connectivity index (χ3n) is 3.22. The van der Waals surface area contributed by atoms with E-state index in [9.17, 15) is 9.18 Å². The second-order valence-electron chi connectivity index (χ2n) is 4.56. The standard InChI is InChI=1S/C14H10Cl2FN3O/c15-7-3-4-9-11(12(7)16)14(19-6-10(21)20-9)13-8(17)2-1-5-18-13/h1-5,14,19H,6H2,(H,20,21). The van der Waals surface area contributed by atoms with Gasteiger partial charge in [0.25, 0.3) is 0 Å². The highest BCUT2D eigenvalue weighted by atomic mass is 35.5. The van der Waals surface area contributed by atoms with Gasteiger partial charge in [0, 0.05) is 17.4 Å². The van der Waals surface area contributed by atoms with E-state index in [-0.39, 0.29) is 23.2 Å². The average molecular weight is 326 g/mol. The van der Waals surface area contributed by atoms with Gasteiger partial charge in [-0.25, -0.2) is 4.39 Å². The Bertz CT molecular complexity index is 723. The van der Waals surface area contributed by atoms with Gasteiger partial charge in [-0.3, -0.25) is 15.1 Å². The molecule has 1 atom stereocenters. The van der Waals surface area contributed by atoms with E-state index in [0.29, 0.717) is 16.3 Å². The van der Waals surface area contributed by atoms with Crippen LogP contribution in [0.25, 0.3) is 0 Å². The number of nitrogens with one attached hydrogen (secondary N) is 2. The van der Waals surface area contributed by atoms with Gasteiger partial charge in [-0.05, 0) is 24.3 Å². The Morgan fingerprint density at radius 3 is 2.86 bits per heavy atom. The molecule has 4 nitrogen and oxygen atoms in total. The van der Waals surface area contributed by atoms with Gasteiger partial charge < -0.3 is 5.32 Å². The maximum Gasteiger partial charge on any atom is 0.238 e. The molecule has 1 aliphatic heterocycles. The summed E-state index contributed by atoms with van der Waals surface area (Å²) in [6.45, 7) is 0.0172. The number of hydrogen-bond donors (Lipinski definition) is 2. The lowest BCUT2D eigenvalue weighted by molar-refractivity contribution is -0.115. The predicted octanol–water partition coefficient (Wildman–Crippen LogP) is 3.16. The molecule has 3 rings (SSSR count). The molecule has 0 aliphatic carbocycles. The summed E-state index contributed by atoms with van der Waals surface area (Å²) >= 11 is 12.3. The monoisotopic (exact) mass is 325 g/mol. The minimum Gasteiger partial charge on any atom is -0.325 e. The van der Waals surface area contributed by atoms with E-state index < -0.39 is 11.9 Å². The first kappa shape index (κ1) is 14.3. The molecule has 1 aliphatic rings. The van der Waals surface area contributed by atoms with Crippen LogP contribution in [0.2, 0.25) is 10.0 Å². The van der Waals surface area contributed by atoms with Crippen molar-refractivity contribution in [3.63, 3.8) is 0 Å². The minimum absolute atomic E-state index is 0.0172. The number of carbonyl (C=O) groups is 1. The van der Waals surface area contributed by atoms with Gasteiger partial charge in [0.15, 0.2) is 0 Å². The van der Waals surface area contributed by atoms with Crippen molar-refractivity contribution in [3.05, 3.63) is 57.6 Å². The van der Waals surface area contributed by atoms with Gasteiger partial charge in [0.1, 0.15) is 5.82 Å². The lowest BCUT2D eigenvalue weighted by atomic mass is 10.0. The summed E-state index contributed by atoms with van der Waals surface area (Å²) in [5, 5.41) is 6.26. The normalized spacial score (nSPS) is 17.9. The number of aromatic nitrogens is 1. The van der Waals surface area contributed by atoms with Crippen LogP contribution in [0.3, 0.4) is 0 Å². The molecular weight excluding hydrogens is 316 g/mol. The summed E-state index contributed by atoms with van der Waals surface area (Å²) < 4.78 is 14.0. The molecule has 0 radical (unpaired) electrons. The second kappa shape index (κ2) is 5.60. The minimum atomic E-state index is -0.661. The van der Waals surface area contributed by atoms with Gasteiger partial charge in [-0.15, -0.1) is 0 Å². The van der Waals surface area contributed by atoms with Crippen molar-refractivity contribution < 1.29 is 9.18 Å². The van der Waals surface area contributed by atoms with Crippen molar-refractivity contribution in [2.75, 3.05) is 11.9 Å². The molecule has 0 saturated carbocycles. The fraction of sp³-hybridized carbons (Fsp3) is 0.143. The lowest BCUT2D eigenvalue weighted by Gasteiger charge is -2.19. The SMILES string of the molecule is O=C1CNC(c2ncccc2F)c2c(ccc(Cl)c2Cl)N1. The molecule has 7 heteroatoms. The maximum absolute atomic E-state index is 14.0. The Labute approximate surface area is 130 Å². The van der Waals surface area contributed by atoms with Crippen LogP contribution >= 0.6 is 23.2 Å². The largest absolute Gasteiger partial charge is 0.325 e. The molecule has 0 bridgehead atoms. The Hall–Kier alpha value is -1.69. The Balaban J connectivity index is 2.22. The van der Waals surface area contributed by atoms with Crippen LogP contribution in [0.5, 0.6) is 0 Å². The van der Waals surface area contributed by atoms with Gasteiger partial charge in [0.05, 0.1) is 28.3 Å². The van der Waals surface area contributed by atoms with Crippen molar-refractivity contribution in [1.29, 1.82) is 0 Å². The number of hydrogen-bond acceptors (Lipinski definition) is 3. The molecule has 2 heterocycles. The molecule has 0 spiro atoms. The summed E-state index contributed by atoms with van der Waals surface area (Å²) in [7, 11) is 0. The number of fused-ring (bicyclic) bond motifs is 1. The zero-order valence-electron chi connectivity index (χ0n) is 10.7. The van der Waals surface area contributed by atoms with Gasteiger partial charge >= 0.3 is 0 Å². The van der Waals surface area contributed by atoms with E-state index in [2.05, 4.69) is 15.6 Å². The topological polar surface area (TPSA) is 54.0 Å². The van der Waals surface area contributed by atoms with E-state index in [1.165, 1.54) is 18.3 Å². The molecule has 2 aromatic rings. The number of carbonyl (C=O) groups excluding carboxylic acids is 1. The van der Waals surface area contributed by atoms with Crippen molar-refractivity contribution in [2.45, 2.75) is 6.04 Å². The van der Waals surface area contributed by atoms with Crippen molar-refractivity contribution in [1.82, 2.24) is 10.3 Å². The molecule has 1 aromatic heterocycles. The van der Waals surface area contributed by atoms with Crippen LogP contribution in [-0.2, 0) is 4.79 Å². The van der Waals surface area contributed by atoms with E-state index in [1.807, 2.05) is 0 Å². The Morgan fingerprint density at radius 1 is 1.29 bits per heavy atom. The number of nitrogens with zero attached hydrogens (tertiary/aromatic N) is 1. The molecule has 108 valence electrons. The highest BCUT2D eigenvalue weighted by Crippen LogP contribution is 2.39. The Morgan fingerprint density at radius 2 is 2.10 bits per heavy atom. The molecule has 0 saturated heterocycles. The van der Waals surface area contributed by atoms with Crippen molar-refractivity contribution in [3.8, 4) is 0 Å². The fourth-order valence-corrected chi connectivity index (χ4v) is 2.73. The van der Waals surface area contributed by atoms with Crippen molar-refractivity contribution in [2.24, 2.45) is 0 Å². The van der Waals surface area contributed by atoms with E-state index in [4.69, 9.17) is 23.2 Å². The molecule has 1 unspecified atom stereocenters. The van der Waals surface area contributed by atoms with Crippen LogP contribution in [0.15, 0.2) is 30.5 Å². The smallest absolute Gasteiger partial charge is 0.238 e. The first-order chi connectivity index (χ1) is 10.1. The highest BCUT2D eigenvalue weighted by molar-refractivity contribution is 6.42. The average Bonchev–Trinajstić information content (AvgIpc) is 2.63. The highest BCUT2D eigenvalue weighted by Gasteiger charge is 2.29. The zero-order valence-corrected chi connectivity index (χ0v) is 12.2. The van der Waals surface area contributed by atoms with E-state index in [1.54, 1.807) is 12.1 Å². The van der Waals surface area contributed by atoms with E-state index >= 15 is 0 Å². The predicted molar refractivity (Wildman–Crippen MR) is 79.1 cm³/mol. The molecule has 21 heavy (non-hydrogen) atoms. The van der Waals surface area contributed by atoms with Crippen molar-refractivity contribution >= 4 is 34.8 Å². The van der Waals surface area contributed by atoms with Gasteiger partial charge in [-0.1, -0.05) is 23.2 Å². The quantitative estimate of drug-likeness (QED) is 0.846. The van der Waals surface area contributed by atoms with E-state index in [0.717, 1.165) is 0 Å². The van der Waals surface area contributed by atoms with Crippen LogP contribution < -0.4 is 10.6 Å². The van der Waals surface area contributed by atoms with Crippen LogP contribution in [-0.4, -0.2) is 17.4 Å². The summed E-state index contributed by atoms with van der Waals surface area (Å²) in [4.78, 5) is 15.8. The number of amides is 1.